The zero-order valence-corrected chi connectivity index (χ0v) is 18.0. The summed E-state index contributed by atoms with van der Waals surface area (Å²) in [6, 6.07) is 26.2. The van der Waals surface area contributed by atoms with Crippen LogP contribution in [0.15, 0.2) is 78.9 Å². The molecule has 1 aliphatic heterocycles. The highest BCUT2D eigenvalue weighted by molar-refractivity contribution is 5.99. The summed E-state index contributed by atoms with van der Waals surface area (Å²) >= 11 is 0. The van der Waals surface area contributed by atoms with E-state index in [4.69, 9.17) is 10.5 Å². The Kier molecular flexibility index (Phi) is 5.65. The van der Waals surface area contributed by atoms with Gasteiger partial charge in [-0.2, -0.15) is 0 Å². The van der Waals surface area contributed by atoms with Crippen molar-refractivity contribution in [1.29, 1.82) is 0 Å². The highest BCUT2D eigenvalue weighted by Gasteiger charge is 2.16. The van der Waals surface area contributed by atoms with E-state index in [1.165, 1.54) is 31.5 Å². The lowest BCUT2D eigenvalue weighted by Gasteiger charge is -2.15. The molecule has 0 bridgehead atoms. The molecule has 0 spiro atoms. The van der Waals surface area contributed by atoms with Gasteiger partial charge in [0.15, 0.2) is 0 Å². The Morgan fingerprint density at radius 1 is 0.875 bits per heavy atom. The predicted molar refractivity (Wildman–Crippen MR) is 127 cm³/mol. The van der Waals surface area contributed by atoms with Crippen LogP contribution in [0.3, 0.4) is 0 Å². The van der Waals surface area contributed by atoms with E-state index in [-0.39, 0.29) is 0 Å². The molecule has 32 heavy (non-hydrogen) atoms. The molecule has 1 fully saturated rings. The molecule has 5 rings (SSSR count). The number of ether oxygens (including phenoxy) is 1. The van der Waals surface area contributed by atoms with E-state index in [2.05, 4.69) is 29.2 Å². The molecule has 0 radical (unpaired) electrons. The fourth-order valence-corrected chi connectivity index (χ4v) is 4.43. The number of amides is 1. The monoisotopic (exact) mass is 425 g/mol. The molecular formula is C27H27N3O2. The zero-order chi connectivity index (χ0) is 21.9. The third-order valence-electron chi connectivity index (χ3n) is 6.07. The number of nitrogens with two attached hydrogens (primary N) is 1. The van der Waals surface area contributed by atoms with E-state index >= 15 is 0 Å². The predicted octanol–water partition coefficient (Wildman–Crippen LogP) is 4.90. The lowest BCUT2D eigenvalue weighted by Crippen LogP contribution is -2.18. The molecule has 1 amide bonds. The molecule has 5 nitrogen and oxygen atoms in total. The molecule has 0 unspecified atom stereocenters. The van der Waals surface area contributed by atoms with Crippen LogP contribution in [0.5, 0.6) is 5.75 Å². The van der Waals surface area contributed by atoms with Crippen LogP contribution in [-0.2, 0) is 13.2 Å². The summed E-state index contributed by atoms with van der Waals surface area (Å²) in [5.74, 6) is 0.310. The fraction of sp³-hybridized carbons (Fsp3) is 0.222. The van der Waals surface area contributed by atoms with Gasteiger partial charge in [-0.3, -0.25) is 9.69 Å². The van der Waals surface area contributed by atoms with Gasteiger partial charge in [0.2, 0.25) is 0 Å². The molecule has 0 aliphatic carbocycles. The molecule has 0 saturated carbocycles. The fourth-order valence-electron chi connectivity index (χ4n) is 4.43. The molecule has 1 saturated heterocycles. The summed E-state index contributed by atoms with van der Waals surface area (Å²) in [4.78, 5) is 14.7. The zero-order valence-electron chi connectivity index (χ0n) is 18.0. The first-order valence-electron chi connectivity index (χ1n) is 11.1. The van der Waals surface area contributed by atoms with Crippen molar-refractivity contribution in [2.45, 2.75) is 26.0 Å². The second kappa shape index (κ2) is 8.89. The minimum atomic E-state index is -0.450. The van der Waals surface area contributed by atoms with Gasteiger partial charge in [0.1, 0.15) is 18.1 Å². The number of hydrogen-bond acceptors (Lipinski definition) is 3. The first-order chi connectivity index (χ1) is 15.7. The molecule has 3 aromatic carbocycles. The molecule has 2 N–H and O–H groups in total. The van der Waals surface area contributed by atoms with Gasteiger partial charge in [0, 0.05) is 17.6 Å². The number of hydrogen-bond donors (Lipinski definition) is 1. The molecular weight excluding hydrogens is 398 g/mol. The molecule has 1 aromatic heterocycles. The first-order valence-corrected chi connectivity index (χ1v) is 11.1. The van der Waals surface area contributed by atoms with E-state index in [0.29, 0.717) is 12.3 Å². The number of fused-ring (bicyclic) bond motifs is 1. The van der Waals surface area contributed by atoms with Crippen molar-refractivity contribution >= 4 is 16.8 Å². The van der Waals surface area contributed by atoms with Gasteiger partial charge in [-0.1, -0.05) is 42.5 Å². The van der Waals surface area contributed by atoms with Gasteiger partial charge in [-0.15, -0.1) is 0 Å². The second-order valence-corrected chi connectivity index (χ2v) is 8.37. The summed E-state index contributed by atoms with van der Waals surface area (Å²) < 4.78 is 7.89. The Bertz CT molecular complexity index is 1220. The normalized spacial score (nSPS) is 14.1. The van der Waals surface area contributed by atoms with Crippen LogP contribution in [0.1, 0.15) is 34.5 Å². The van der Waals surface area contributed by atoms with Gasteiger partial charge in [0.05, 0.1) is 5.52 Å². The molecule has 5 heteroatoms. The molecule has 4 aromatic rings. The van der Waals surface area contributed by atoms with Crippen LogP contribution in [0.4, 0.5) is 0 Å². The number of carbonyl (C=O) groups is 1. The van der Waals surface area contributed by atoms with Gasteiger partial charge in [0.25, 0.3) is 5.91 Å². The van der Waals surface area contributed by atoms with Crippen LogP contribution in [0.2, 0.25) is 0 Å². The minimum absolute atomic E-state index is 0.450. The second-order valence-electron chi connectivity index (χ2n) is 8.37. The molecule has 2 heterocycles. The van der Waals surface area contributed by atoms with Gasteiger partial charge < -0.3 is 15.0 Å². The number of nitrogens with zero attached hydrogens (tertiary/aromatic N) is 2. The summed E-state index contributed by atoms with van der Waals surface area (Å²) in [6.45, 7) is 3.81. The number of likely N-dealkylation sites (tertiary alicyclic amines) is 1. The van der Waals surface area contributed by atoms with E-state index in [1.807, 2.05) is 59.2 Å². The maximum Gasteiger partial charge on any atom is 0.265 e. The van der Waals surface area contributed by atoms with Crippen molar-refractivity contribution in [2.24, 2.45) is 5.73 Å². The molecule has 1 aliphatic rings. The van der Waals surface area contributed by atoms with E-state index in [9.17, 15) is 4.79 Å². The maximum atomic E-state index is 12.2. The highest BCUT2D eigenvalue weighted by Crippen LogP contribution is 2.28. The van der Waals surface area contributed by atoms with Gasteiger partial charge in [-0.25, -0.2) is 0 Å². The highest BCUT2D eigenvalue weighted by atomic mass is 16.5. The average Bonchev–Trinajstić information content (AvgIpc) is 3.46. The Labute approximate surface area is 188 Å². The third kappa shape index (κ3) is 4.25. The molecule has 162 valence electrons. The smallest absolute Gasteiger partial charge is 0.265 e. The summed E-state index contributed by atoms with van der Waals surface area (Å²) in [5.41, 5.74) is 10.4. The Hall–Kier alpha value is -3.57. The number of benzene rings is 3. The third-order valence-corrected chi connectivity index (χ3v) is 6.07. The lowest BCUT2D eigenvalue weighted by atomic mass is 10.2. The van der Waals surface area contributed by atoms with Gasteiger partial charge in [-0.05, 0) is 73.5 Å². The van der Waals surface area contributed by atoms with Crippen molar-refractivity contribution in [3.63, 3.8) is 0 Å². The van der Waals surface area contributed by atoms with Crippen LogP contribution in [0, 0.1) is 0 Å². The van der Waals surface area contributed by atoms with Crippen molar-refractivity contribution in [1.82, 2.24) is 9.47 Å². The SMILES string of the molecule is NC(=O)c1cc2cc(OCc3ccccc3)ccc2n1-c1ccc(CN2CCCC2)cc1. The van der Waals surface area contributed by atoms with Crippen LogP contribution < -0.4 is 10.5 Å². The summed E-state index contributed by atoms with van der Waals surface area (Å²) in [5, 5.41) is 0.922. The first kappa shape index (κ1) is 20.3. The van der Waals surface area contributed by atoms with Crippen molar-refractivity contribution < 1.29 is 9.53 Å². The Morgan fingerprint density at radius 2 is 1.62 bits per heavy atom. The quantitative estimate of drug-likeness (QED) is 0.458. The van der Waals surface area contributed by atoms with E-state index in [0.717, 1.165) is 34.4 Å². The lowest BCUT2D eigenvalue weighted by molar-refractivity contribution is 0.0994. The van der Waals surface area contributed by atoms with Crippen LogP contribution in [-0.4, -0.2) is 28.5 Å². The largest absolute Gasteiger partial charge is 0.489 e. The number of primary amides is 1. The van der Waals surface area contributed by atoms with Crippen LogP contribution in [0.25, 0.3) is 16.6 Å². The Balaban J connectivity index is 1.42. The standard InChI is InChI=1S/C27H27N3O2/c28-27(31)26-17-22-16-24(32-19-21-6-2-1-3-7-21)12-13-25(22)30(26)23-10-8-20(9-11-23)18-29-14-4-5-15-29/h1-3,6-13,16-17H,4-5,14-15,18-19H2,(H2,28,31). The number of carbonyl (C=O) groups excluding carboxylic acids is 1. The Morgan fingerprint density at radius 3 is 2.34 bits per heavy atom. The van der Waals surface area contributed by atoms with Gasteiger partial charge >= 0.3 is 0 Å². The topological polar surface area (TPSA) is 60.5 Å². The van der Waals surface area contributed by atoms with Crippen molar-refractivity contribution in [3.05, 3.63) is 95.7 Å². The number of rotatable bonds is 7. The van der Waals surface area contributed by atoms with E-state index in [1.54, 1.807) is 0 Å². The molecule has 0 atom stereocenters. The summed E-state index contributed by atoms with van der Waals surface area (Å²) in [7, 11) is 0. The van der Waals surface area contributed by atoms with Crippen LogP contribution >= 0.6 is 0 Å². The average molecular weight is 426 g/mol. The minimum Gasteiger partial charge on any atom is -0.489 e. The van der Waals surface area contributed by atoms with E-state index < -0.39 is 5.91 Å². The number of aromatic nitrogens is 1. The summed E-state index contributed by atoms with van der Waals surface area (Å²) in [6.07, 6.45) is 2.57. The maximum absolute atomic E-state index is 12.2. The van der Waals surface area contributed by atoms with Crippen molar-refractivity contribution in [2.75, 3.05) is 13.1 Å². The van der Waals surface area contributed by atoms with Crippen molar-refractivity contribution in [3.8, 4) is 11.4 Å².